The number of alkyl carbamates (subject to hydrolysis) is 1. The van der Waals surface area contributed by atoms with Crippen LogP contribution in [0.3, 0.4) is 0 Å². The van der Waals surface area contributed by atoms with Crippen molar-refractivity contribution in [3.8, 4) is 6.07 Å². The van der Waals surface area contributed by atoms with Crippen molar-refractivity contribution in [1.29, 1.82) is 5.26 Å². The van der Waals surface area contributed by atoms with Gasteiger partial charge < -0.3 is 14.8 Å². The van der Waals surface area contributed by atoms with Crippen molar-refractivity contribution in [2.24, 2.45) is 11.0 Å². The third-order valence-electron chi connectivity index (χ3n) is 2.83. The van der Waals surface area contributed by atoms with Crippen LogP contribution in [-0.4, -0.2) is 31.8 Å². The molecule has 0 fully saturated rings. The zero-order valence-electron chi connectivity index (χ0n) is 14.1. The van der Waals surface area contributed by atoms with E-state index in [2.05, 4.69) is 26.7 Å². The largest absolute Gasteiger partial charge is 0.450 e. The first kappa shape index (κ1) is 21.8. The van der Waals surface area contributed by atoms with Crippen molar-refractivity contribution < 1.29 is 19.1 Å². The van der Waals surface area contributed by atoms with Gasteiger partial charge in [0.2, 0.25) is 0 Å². The summed E-state index contributed by atoms with van der Waals surface area (Å²) >= 11 is 0. The van der Waals surface area contributed by atoms with Gasteiger partial charge in [0.25, 0.3) is 0 Å². The van der Waals surface area contributed by atoms with Crippen LogP contribution >= 0.6 is 0 Å². The van der Waals surface area contributed by atoms with E-state index in [4.69, 9.17) is 15.5 Å². The Hall–Kier alpha value is -3.24. The highest BCUT2D eigenvalue weighted by molar-refractivity contribution is 5.72. The number of hydrogen-bond acceptors (Lipinski definition) is 6. The van der Waals surface area contributed by atoms with Gasteiger partial charge in [0.1, 0.15) is 12.7 Å². The van der Waals surface area contributed by atoms with Crippen LogP contribution in [0.25, 0.3) is 10.4 Å². The number of nitriles is 1. The van der Waals surface area contributed by atoms with E-state index in [-0.39, 0.29) is 19.1 Å². The van der Waals surface area contributed by atoms with Crippen molar-refractivity contribution in [2.45, 2.75) is 19.8 Å². The topological polar surface area (TPSA) is 137 Å². The van der Waals surface area contributed by atoms with Gasteiger partial charge in [0, 0.05) is 17.2 Å². The van der Waals surface area contributed by atoms with E-state index in [0.29, 0.717) is 25.1 Å². The minimum atomic E-state index is -0.621. The maximum absolute atomic E-state index is 11.5. The first-order chi connectivity index (χ1) is 12.0. The number of carbonyl (C=O) groups is 2. The zero-order chi connectivity index (χ0) is 18.9. The molecule has 0 radical (unpaired) electrons. The fourth-order valence-corrected chi connectivity index (χ4v) is 1.58. The molecular formula is C16H21N5O4. The Labute approximate surface area is 146 Å². The van der Waals surface area contributed by atoms with Crippen LogP contribution in [0.1, 0.15) is 19.8 Å². The Morgan fingerprint density at radius 2 is 2.24 bits per heavy atom. The molecule has 134 valence electrons. The highest BCUT2D eigenvalue weighted by atomic mass is 16.5. The smallest absolute Gasteiger partial charge is 0.407 e. The molecule has 0 aliphatic carbocycles. The van der Waals surface area contributed by atoms with E-state index in [1.165, 1.54) is 18.2 Å². The summed E-state index contributed by atoms with van der Waals surface area (Å²) in [5.41, 5.74) is 8.71. The number of ether oxygens (including phenoxy) is 2. The summed E-state index contributed by atoms with van der Waals surface area (Å²) in [6.07, 6.45) is 6.53. The van der Waals surface area contributed by atoms with E-state index in [1.54, 1.807) is 19.1 Å². The van der Waals surface area contributed by atoms with Gasteiger partial charge in [-0.1, -0.05) is 36.8 Å². The van der Waals surface area contributed by atoms with Crippen molar-refractivity contribution in [3.05, 3.63) is 47.0 Å². The van der Waals surface area contributed by atoms with Crippen molar-refractivity contribution >= 4 is 12.1 Å². The molecule has 0 aliphatic rings. The maximum Gasteiger partial charge on any atom is 0.407 e. The van der Waals surface area contributed by atoms with E-state index in [0.717, 1.165) is 0 Å². The molecule has 0 aromatic heterocycles. The van der Waals surface area contributed by atoms with Gasteiger partial charge >= 0.3 is 12.1 Å². The summed E-state index contributed by atoms with van der Waals surface area (Å²) in [4.78, 5) is 25.6. The fourth-order valence-electron chi connectivity index (χ4n) is 1.58. The summed E-state index contributed by atoms with van der Waals surface area (Å²) in [5, 5.41) is 14.3. The molecule has 0 aliphatic heterocycles. The quantitative estimate of drug-likeness (QED) is 0.153. The zero-order valence-corrected chi connectivity index (χ0v) is 14.1. The van der Waals surface area contributed by atoms with Gasteiger partial charge in [-0.25, -0.2) is 4.79 Å². The van der Waals surface area contributed by atoms with E-state index >= 15 is 0 Å². The van der Waals surface area contributed by atoms with Crippen LogP contribution < -0.4 is 5.32 Å². The average Bonchev–Trinajstić information content (AvgIpc) is 2.60. The molecule has 0 saturated heterocycles. The van der Waals surface area contributed by atoms with Gasteiger partial charge in [0.05, 0.1) is 5.92 Å². The Kier molecular flexibility index (Phi) is 12.5. The second kappa shape index (κ2) is 14.4. The summed E-state index contributed by atoms with van der Waals surface area (Å²) in [7, 11) is 0. The SMILES string of the molecule is C=C/C=C\C(=C\COC(=O)NCCC[C@H](C)C(=O)OCC#N)N=[N+]=[N-]. The minimum Gasteiger partial charge on any atom is -0.450 e. The van der Waals surface area contributed by atoms with Gasteiger partial charge in [-0.15, -0.1) is 0 Å². The standard InChI is InChI=1S/C16H21N5O4/c1-3-4-7-14(20-21-18)8-11-25-16(23)19-10-5-6-13(2)15(22)24-12-9-17/h3-4,7-8,13H,1,5-6,10-12H2,2H3,(H,19,23)/b7-4-,14-8-/t13-/m0/s1. The average molecular weight is 347 g/mol. The number of nitrogens with one attached hydrogen (secondary N) is 1. The minimum absolute atomic E-state index is 0.0570. The molecule has 0 heterocycles. The number of esters is 1. The molecule has 0 bridgehead atoms. The lowest BCUT2D eigenvalue weighted by Crippen LogP contribution is -2.26. The molecule has 1 N–H and O–H groups in total. The maximum atomic E-state index is 11.5. The first-order valence-electron chi connectivity index (χ1n) is 7.53. The number of allylic oxidation sites excluding steroid dienone is 3. The Morgan fingerprint density at radius 1 is 1.48 bits per heavy atom. The molecule has 1 amide bonds. The normalized spacial score (nSPS) is 11.8. The molecule has 0 aromatic rings. The van der Waals surface area contributed by atoms with Crippen LogP contribution in [0.5, 0.6) is 0 Å². The second-order valence-corrected chi connectivity index (χ2v) is 4.75. The molecule has 0 rings (SSSR count). The van der Waals surface area contributed by atoms with Gasteiger partial charge in [0.15, 0.2) is 6.61 Å². The van der Waals surface area contributed by atoms with Crippen LogP contribution in [0.2, 0.25) is 0 Å². The lowest BCUT2D eigenvalue weighted by atomic mass is 10.1. The highest BCUT2D eigenvalue weighted by Gasteiger charge is 2.13. The van der Waals surface area contributed by atoms with Gasteiger partial charge in [-0.2, -0.15) is 5.26 Å². The number of hydrogen-bond donors (Lipinski definition) is 1. The highest BCUT2D eigenvalue weighted by Crippen LogP contribution is 2.07. The molecule has 9 nitrogen and oxygen atoms in total. The van der Waals surface area contributed by atoms with Gasteiger partial charge in [-0.05, 0) is 24.4 Å². The summed E-state index contributed by atoms with van der Waals surface area (Å²) in [6.45, 7) is 5.20. The number of carbonyl (C=O) groups excluding carboxylic acids is 2. The molecular weight excluding hydrogens is 326 g/mol. The molecule has 25 heavy (non-hydrogen) atoms. The van der Waals surface area contributed by atoms with Crippen LogP contribution in [-0.2, 0) is 14.3 Å². The van der Waals surface area contributed by atoms with Crippen molar-refractivity contribution in [1.82, 2.24) is 5.32 Å². The van der Waals surface area contributed by atoms with E-state index in [1.807, 2.05) is 0 Å². The van der Waals surface area contributed by atoms with Crippen molar-refractivity contribution in [2.75, 3.05) is 19.8 Å². The molecule has 0 aromatic carbocycles. The number of amides is 1. The van der Waals surface area contributed by atoms with Crippen LogP contribution in [0.15, 0.2) is 41.7 Å². The van der Waals surface area contributed by atoms with E-state index in [9.17, 15) is 9.59 Å². The molecule has 9 heteroatoms. The lowest BCUT2D eigenvalue weighted by Gasteiger charge is -2.10. The lowest BCUT2D eigenvalue weighted by molar-refractivity contribution is -0.146. The third kappa shape index (κ3) is 11.9. The molecule has 0 spiro atoms. The van der Waals surface area contributed by atoms with Crippen LogP contribution in [0.4, 0.5) is 4.79 Å². The Morgan fingerprint density at radius 3 is 2.88 bits per heavy atom. The Bertz CT molecular complexity index is 600. The predicted molar refractivity (Wildman–Crippen MR) is 90.9 cm³/mol. The molecule has 1 atom stereocenters. The first-order valence-corrected chi connectivity index (χ1v) is 7.53. The van der Waals surface area contributed by atoms with Crippen LogP contribution in [0, 0.1) is 17.2 Å². The monoisotopic (exact) mass is 347 g/mol. The molecule has 0 saturated carbocycles. The second-order valence-electron chi connectivity index (χ2n) is 4.75. The van der Waals surface area contributed by atoms with Crippen molar-refractivity contribution in [3.63, 3.8) is 0 Å². The number of azide groups is 1. The van der Waals surface area contributed by atoms with E-state index < -0.39 is 12.1 Å². The number of nitrogens with zero attached hydrogens (tertiary/aromatic N) is 4. The van der Waals surface area contributed by atoms with Gasteiger partial charge in [-0.3, -0.25) is 4.79 Å². The fraction of sp³-hybridized carbons (Fsp3) is 0.438. The number of rotatable bonds is 11. The molecule has 0 unspecified atom stereocenters. The third-order valence-corrected chi connectivity index (χ3v) is 2.83. The summed E-state index contributed by atoms with van der Waals surface area (Å²) in [5.74, 6) is -0.787. The predicted octanol–water partition coefficient (Wildman–Crippen LogP) is 3.13. The summed E-state index contributed by atoms with van der Waals surface area (Å²) in [6, 6.07) is 1.73. The summed E-state index contributed by atoms with van der Waals surface area (Å²) < 4.78 is 9.60. The Balaban J connectivity index is 4.02.